The normalized spacial score (nSPS) is 13.7. The number of hydrogen-bond donors (Lipinski definition) is 4. The van der Waals surface area contributed by atoms with Crippen LogP contribution >= 0.6 is 11.8 Å². The highest BCUT2D eigenvalue weighted by Gasteiger charge is 2.51. The van der Waals surface area contributed by atoms with Crippen LogP contribution < -0.4 is 27.2 Å². The van der Waals surface area contributed by atoms with Crippen LogP contribution in [0.3, 0.4) is 0 Å². The smallest absolute Gasteiger partial charge is 0.457 e. The van der Waals surface area contributed by atoms with Crippen LogP contribution in [0.25, 0.3) is 28.4 Å². The van der Waals surface area contributed by atoms with Crippen LogP contribution in [0.15, 0.2) is 83.0 Å². The van der Waals surface area contributed by atoms with E-state index < -0.39 is 23.8 Å². The molecule has 7 rings (SSSR count). The van der Waals surface area contributed by atoms with Crippen molar-refractivity contribution in [1.82, 2.24) is 35.1 Å². The van der Waals surface area contributed by atoms with Crippen LogP contribution in [0.2, 0.25) is 0 Å². The summed E-state index contributed by atoms with van der Waals surface area (Å²) in [5.74, 6) is -1.25. The minimum Gasteiger partial charge on any atom is -0.457 e. The van der Waals surface area contributed by atoms with Crippen LogP contribution in [0.1, 0.15) is 184 Å². The Hall–Kier alpha value is -8.14. The van der Waals surface area contributed by atoms with Crippen LogP contribution in [-0.2, 0) is 117 Å². The molecule has 636 valence electrons. The Morgan fingerprint density at radius 1 is 0.704 bits per heavy atom. The maximum Gasteiger partial charge on any atom is 0.510 e. The van der Waals surface area contributed by atoms with Crippen molar-refractivity contribution >= 4 is 76.0 Å². The quantitative estimate of drug-likeness (QED) is 0.0119. The number of nitrogens with one attached hydrogen (secondary N) is 3. The molecule has 29 nitrogen and oxygen atoms in total. The summed E-state index contributed by atoms with van der Waals surface area (Å²) in [7, 11) is 1.50. The fourth-order valence-electron chi connectivity index (χ4n) is 12.7. The van der Waals surface area contributed by atoms with Crippen molar-refractivity contribution in [3.8, 4) is 11.4 Å². The van der Waals surface area contributed by atoms with Crippen molar-refractivity contribution in [1.29, 1.82) is 0 Å². The summed E-state index contributed by atoms with van der Waals surface area (Å²) in [5.41, 5.74) is 9.28. The summed E-state index contributed by atoms with van der Waals surface area (Å²) in [5, 5.41) is 10.0. The largest absolute Gasteiger partial charge is 0.510 e. The van der Waals surface area contributed by atoms with E-state index in [1.54, 1.807) is 60.6 Å². The highest BCUT2D eigenvalue weighted by molar-refractivity contribution is 7.98. The topological polar surface area (TPSA) is 356 Å². The number of esters is 1. The number of ketones is 1. The van der Waals surface area contributed by atoms with E-state index in [1.807, 2.05) is 62.8 Å². The number of allylic oxidation sites excluding steroid dienone is 1. The molecule has 0 saturated carbocycles. The third kappa shape index (κ3) is 34.9. The molecule has 0 saturated heterocycles. The SMILES string of the molecule is CCC(=O)N[C@@H](CCCCN)C(=O)Nc1ccc(COC(=O)O[C@]2(CC)C(=O)OCc3c2cc2n(c3=O)Cc3c-2nc2ccccc2c3CCN(C(C)=O)C(C)C)cc1.COCC(=O)NCCCOCCCOCCCOCCCOCCCOCCCOCCCOCCCOCCCC(=O)CCC/C=C\c1cnc(SC)nc1. The number of rotatable bonds is 60. The Kier molecular flexibility index (Phi) is 46.8. The number of nitrogens with zero attached hydrogens (tertiary/aromatic N) is 5. The van der Waals surface area contributed by atoms with Gasteiger partial charge in [-0.2, -0.15) is 0 Å². The number of thioether (sulfide) groups is 1. The van der Waals surface area contributed by atoms with Crippen LogP contribution in [-0.4, -0.2) is 223 Å². The van der Waals surface area contributed by atoms with Gasteiger partial charge in [0.25, 0.3) is 5.56 Å². The number of methoxy groups -OCH3 is 1. The predicted octanol–water partition coefficient (Wildman–Crippen LogP) is 10.9. The van der Waals surface area contributed by atoms with Crippen molar-refractivity contribution in [3.63, 3.8) is 0 Å². The van der Waals surface area contributed by atoms with Gasteiger partial charge in [0, 0.05) is 198 Å². The molecule has 115 heavy (non-hydrogen) atoms. The second-order valence-electron chi connectivity index (χ2n) is 28.1. The Balaban J connectivity index is 0.000000359. The molecular formula is C85H125N9O20S. The second kappa shape index (κ2) is 56.2. The molecule has 3 aromatic heterocycles. The van der Waals surface area contributed by atoms with Gasteiger partial charge in [-0.25, -0.2) is 24.5 Å². The molecule has 0 spiro atoms. The Bertz CT molecular complexity index is 3810. The molecular weight excluding hydrogens is 1500 g/mol. The van der Waals surface area contributed by atoms with Gasteiger partial charge in [-0.05, 0) is 165 Å². The maximum atomic E-state index is 14.3. The average Bonchev–Trinajstić information content (AvgIpc) is 1.68. The molecule has 0 radical (unpaired) electrons. The Labute approximate surface area is 681 Å². The summed E-state index contributed by atoms with van der Waals surface area (Å²) in [6.45, 7) is 21.0. The number of pyridine rings is 2. The molecule has 0 bridgehead atoms. The number of benzene rings is 2. The average molecular weight is 1630 g/mol. The predicted molar refractivity (Wildman–Crippen MR) is 439 cm³/mol. The van der Waals surface area contributed by atoms with Crippen LogP contribution in [0.4, 0.5) is 10.5 Å². The van der Waals surface area contributed by atoms with E-state index in [2.05, 4.69) is 32.0 Å². The van der Waals surface area contributed by atoms with E-state index in [9.17, 15) is 38.4 Å². The molecule has 4 amide bonds. The van der Waals surface area contributed by atoms with Gasteiger partial charge in [-0.1, -0.05) is 68.1 Å². The van der Waals surface area contributed by atoms with E-state index in [-0.39, 0.29) is 85.6 Å². The highest BCUT2D eigenvalue weighted by Crippen LogP contribution is 2.42. The van der Waals surface area contributed by atoms with E-state index in [4.69, 9.17) is 67.6 Å². The van der Waals surface area contributed by atoms with E-state index in [1.165, 1.54) is 18.9 Å². The van der Waals surface area contributed by atoms with Crippen LogP contribution in [0, 0.1) is 0 Å². The minimum absolute atomic E-state index is 0.00403. The summed E-state index contributed by atoms with van der Waals surface area (Å²) in [6, 6.07) is 15.3. The number of unbranched alkanes of at least 4 members (excludes halogenated alkanes) is 2. The number of para-hydroxylation sites is 1. The van der Waals surface area contributed by atoms with Crippen molar-refractivity contribution in [3.05, 3.63) is 117 Å². The lowest BCUT2D eigenvalue weighted by molar-refractivity contribution is -0.175. The molecule has 30 heteroatoms. The molecule has 0 fully saturated rings. The number of cyclic esters (lactones) is 1. The first-order valence-electron chi connectivity index (χ1n) is 40.8. The first-order valence-corrected chi connectivity index (χ1v) is 42.0. The summed E-state index contributed by atoms with van der Waals surface area (Å²) in [4.78, 5) is 117. The number of hydrogen-bond acceptors (Lipinski definition) is 25. The number of anilines is 1. The zero-order valence-electron chi connectivity index (χ0n) is 68.7. The number of aromatic nitrogens is 4. The van der Waals surface area contributed by atoms with Gasteiger partial charge in [0.05, 0.1) is 29.0 Å². The number of Topliss-reactive ketones (excluding diaryl/α,β-unsaturated/α-hetero) is 1. The number of carbonyl (C=O) groups excluding carboxylic acids is 7. The monoisotopic (exact) mass is 1620 g/mol. The molecule has 0 aliphatic carbocycles. The second-order valence-corrected chi connectivity index (χ2v) is 28.9. The molecule has 2 atom stereocenters. The fourth-order valence-corrected chi connectivity index (χ4v) is 13.1. The minimum atomic E-state index is -1.97. The van der Waals surface area contributed by atoms with Gasteiger partial charge in [0.1, 0.15) is 31.6 Å². The fraction of sp³-hybridized carbons (Fsp3) is 0.612. The van der Waals surface area contributed by atoms with E-state index in [0.29, 0.717) is 186 Å². The first-order chi connectivity index (χ1) is 56.0. The third-order valence-corrected chi connectivity index (χ3v) is 19.5. The van der Waals surface area contributed by atoms with Crippen LogP contribution in [0.5, 0.6) is 0 Å². The van der Waals surface area contributed by atoms with Crippen molar-refractivity contribution in [2.24, 2.45) is 5.73 Å². The molecule has 5 heterocycles. The zero-order chi connectivity index (χ0) is 82.7. The van der Waals surface area contributed by atoms with Gasteiger partial charge in [0.2, 0.25) is 29.2 Å². The third-order valence-electron chi connectivity index (χ3n) is 18.9. The summed E-state index contributed by atoms with van der Waals surface area (Å²) >= 11 is 1.52. The number of fused-ring (bicyclic) bond motifs is 5. The number of ether oxygens (including phenoxy) is 12. The molecule has 5 N–H and O–H groups in total. The van der Waals surface area contributed by atoms with Crippen molar-refractivity contribution in [2.75, 3.05) is 151 Å². The summed E-state index contributed by atoms with van der Waals surface area (Å²) in [6.07, 6.45) is 21.6. The number of carbonyl (C=O) groups is 7. The van der Waals surface area contributed by atoms with E-state index >= 15 is 0 Å². The van der Waals surface area contributed by atoms with Gasteiger partial charge >= 0.3 is 12.1 Å². The number of nitrogens with two attached hydrogens (primary N) is 1. The number of amides is 4. The molecule has 2 aliphatic rings. The molecule has 2 aromatic carbocycles. The van der Waals surface area contributed by atoms with Gasteiger partial charge in [0.15, 0.2) is 5.16 Å². The zero-order valence-corrected chi connectivity index (χ0v) is 69.6. The van der Waals surface area contributed by atoms with Gasteiger partial charge in [-0.15, -0.1) is 0 Å². The lowest BCUT2D eigenvalue weighted by Gasteiger charge is -2.35. The summed E-state index contributed by atoms with van der Waals surface area (Å²) < 4.78 is 68.2. The van der Waals surface area contributed by atoms with Crippen molar-refractivity contribution in [2.45, 2.75) is 199 Å². The lowest BCUT2D eigenvalue weighted by Crippen LogP contribution is -2.47. The first kappa shape index (κ1) is 95.7. The molecule has 2 aliphatic heterocycles. The standard InChI is InChI=1S/C44H52N6O9.C41H73N3O11S/c1-6-38(52)47-36(14-10-11-20-45)40(53)46-29-17-15-28(16-18-29)24-58-43(56)59-44(7-2)34-22-37-39-32(23-50(37)41(54)33(34)25-57-42(44)55)30(19-21-49(26(3)4)27(5)51)31-12-8-9-13-35(31)48-39;1-47-37-40(46)42-18-7-20-49-22-9-24-51-26-11-28-53-30-13-32-55-34-14-33-54-31-12-29-52-27-10-25-50-23-8-21-48-19-6-17-39(45)16-5-3-4-15-38-35-43-41(56-2)44-36-38/h8-9,12-13,15-18,22,26,36H,6-7,10-11,14,19-21,23-25,45H2,1-5H3,(H,46,53)(H,47,52);4,15,35-36H,3,5-14,16-34,37H2,1-2H3,(H,42,46)/b;15-4-/t36-,44-;/m0./s1. The van der Waals surface area contributed by atoms with E-state index in [0.717, 1.165) is 110 Å². The molecule has 5 aromatic rings. The van der Waals surface area contributed by atoms with Crippen molar-refractivity contribution < 1.29 is 90.4 Å². The lowest BCUT2D eigenvalue weighted by atomic mass is 9.85. The highest BCUT2D eigenvalue weighted by atomic mass is 32.2. The molecule has 0 unspecified atom stereocenters. The van der Waals surface area contributed by atoms with Gasteiger partial charge in [-0.3, -0.25) is 28.8 Å². The van der Waals surface area contributed by atoms with Gasteiger partial charge < -0.3 is 88.0 Å². The Morgan fingerprint density at radius 3 is 1.81 bits per heavy atom. The Morgan fingerprint density at radius 2 is 1.27 bits per heavy atom. The maximum absolute atomic E-state index is 14.3.